The van der Waals surface area contributed by atoms with Crippen molar-refractivity contribution in [2.45, 2.75) is 71.9 Å². The molecule has 72 heavy (non-hydrogen) atoms. The fourth-order valence-corrected chi connectivity index (χ4v) is 8.00. The Morgan fingerprint density at radius 2 is 1.17 bits per heavy atom. The van der Waals surface area contributed by atoms with Crippen molar-refractivity contribution in [1.82, 2.24) is 66.2 Å². The largest absolute Gasteiger partial charge is 0.415 e. The van der Waals surface area contributed by atoms with E-state index in [1.807, 2.05) is 90.1 Å². The van der Waals surface area contributed by atoms with Crippen LogP contribution in [0.1, 0.15) is 77.4 Å². The van der Waals surface area contributed by atoms with Crippen molar-refractivity contribution in [1.29, 1.82) is 10.5 Å². The van der Waals surface area contributed by atoms with Gasteiger partial charge in [0.05, 0.1) is 82.7 Å². The Morgan fingerprint density at radius 1 is 0.667 bits per heavy atom. The van der Waals surface area contributed by atoms with Crippen LogP contribution >= 0.6 is 0 Å². The number of ether oxygens (including phenoxy) is 1. The van der Waals surface area contributed by atoms with Crippen molar-refractivity contribution < 1.29 is 16.4 Å². The highest BCUT2D eigenvalue weighted by molar-refractivity contribution is 5.66. The first kappa shape index (κ1) is 49.0. The summed E-state index contributed by atoms with van der Waals surface area (Å²) in [4.78, 5) is 27.2. The summed E-state index contributed by atoms with van der Waals surface area (Å²) in [5.41, 5.74) is 9.52. The van der Waals surface area contributed by atoms with Crippen LogP contribution in [0.5, 0.6) is 0 Å². The number of piperazine rings is 1. The van der Waals surface area contributed by atoms with E-state index in [1.165, 1.54) is 11.1 Å². The maximum atomic E-state index is 9.48. The van der Waals surface area contributed by atoms with Gasteiger partial charge in [-0.05, 0) is 101 Å². The zero-order chi connectivity index (χ0) is 50.5. The molecule has 0 radical (unpaired) electrons. The maximum Gasteiger partial charge on any atom is 0.268 e. The van der Waals surface area contributed by atoms with Gasteiger partial charge in [-0.2, -0.15) is 10.5 Å². The van der Waals surface area contributed by atoms with Gasteiger partial charge >= 0.3 is 0 Å². The van der Waals surface area contributed by atoms with Crippen molar-refractivity contribution in [3.05, 3.63) is 131 Å². The number of benzene rings is 2. The smallest absolute Gasteiger partial charge is 0.268 e. The molecule has 8 aromatic rings. The highest BCUT2D eigenvalue weighted by atomic mass is 16.5. The molecule has 6 aromatic heterocycles. The van der Waals surface area contributed by atoms with Crippen molar-refractivity contribution in [2.24, 2.45) is 5.41 Å². The van der Waals surface area contributed by atoms with Crippen molar-refractivity contribution >= 4 is 0 Å². The number of hydrogen-bond donors (Lipinski definition) is 3. The Morgan fingerprint density at radius 3 is 1.62 bits per heavy atom. The normalized spacial score (nSPS) is 15.4. The summed E-state index contributed by atoms with van der Waals surface area (Å²) in [7, 11) is 0. The predicted octanol–water partition coefficient (Wildman–Crippen LogP) is 8.58. The Bertz CT molecular complexity index is 3280. The van der Waals surface area contributed by atoms with Gasteiger partial charge in [-0.3, -0.25) is 19.9 Å². The molecule has 0 amide bonds. The van der Waals surface area contributed by atoms with Crippen LogP contribution in [0, 0.1) is 41.9 Å². The monoisotopic (exact) mass is 965 g/mol. The predicted molar refractivity (Wildman–Crippen MR) is 273 cm³/mol. The number of nitriles is 2. The maximum absolute atomic E-state index is 9.48. The average Bonchev–Trinajstić information content (AvgIpc) is 4.11. The van der Waals surface area contributed by atoms with Gasteiger partial charge in [-0.1, -0.05) is 31.2 Å². The molecule has 2 aliphatic rings. The summed E-state index contributed by atoms with van der Waals surface area (Å²) in [6, 6.07) is 28.5. The van der Waals surface area contributed by atoms with E-state index < -0.39 is 10.8 Å². The van der Waals surface area contributed by atoms with Gasteiger partial charge < -0.3 is 29.5 Å². The van der Waals surface area contributed by atoms with E-state index in [1.54, 1.807) is 24.8 Å². The van der Waals surface area contributed by atoms with E-state index in [-0.39, 0.29) is 8.27 Å². The Labute approximate surface area is 420 Å². The zero-order valence-electron chi connectivity index (χ0n) is 41.4. The van der Waals surface area contributed by atoms with E-state index in [0.29, 0.717) is 75.2 Å². The van der Waals surface area contributed by atoms with Gasteiger partial charge in [0, 0.05) is 81.7 Å². The molecule has 2 fully saturated rings. The zero-order valence-corrected chi connectivity index (χ0v) is 41.4. The van der Waals surface area contributed by atoms with Crippen LogP contribution in [0.15, 0.2) is 106 Å². The highest BCUT2D eigenvalue weighted by Gasteiger charge is 2.32. The molecular formula is C54H59N15O3. The van der Waals surface area contributed by atoms with Gasteiger partial charge in [-0.25, -0.2) is 9.97 Å². The summed E-state index contributed by atoms with van der Waals surface area (Å²) < 4.78 is 17.3. The van der Waals surface area contributed by atoms with Crippen molar-refractivity contribution in [3.8, 4) is 80.7 Å². The molecule has 1 atom stereocenters. The number of hydrogen-bond acceptors (Lipinski definition) is 18. The van der Waals surface area contributed by atoms with Gasteiger partial charge in [-0.15, -0.1) is 20.4 Å². The van der Waals surface area contributed by atoms with E-state index in [0.717, 1.165) is 68.2 Å². The third kappa shape index (κ3) is 11.0. The number of pyridine rings is 2. The summed E-state index contributed by atoms with van der Waals surface area (Å²) in [6.45, 7) is 19.5. The second-order valence-corrected chi connectivity index (χ2v) is 19.5. The second kappa shape index (κ2) is 20.8. The highest BCUT2D eigenvalue weighted by Crippen LogP contribution is 2.32. The molecular weight excluding hydrogens is 907 g/mol. The van der Waals surface area contributed by atoms with Crippen LogP contribution < -0.4 is 16.0 Å². The first-order chi connectivity index (χ1) is 34.7. The summed E-state index contributed by atoms with van der Waals surface area (Å²) >= 11 is 0. The lowest BCUT2D eigenvalue weighted by Gasteiger charge is -2.38. The summed E-state index contributed by atoms with van der Waals surface area (Å²) in [6.07, 6.45) is 6.75. The lowest BCUT2D eigenvalue weighted by Crippen LogP contribution is -2.47. The third-order valence-electron chi connectivity index (χ3n) is 12.7. The molecule has 0 spiro atoms. The Balaban J connectivity index is 0.000000211. The minimum absolute atomic E-state index is 0. The SMILES string of the molecule is Cc1ncc(-c2ccnc(C(C)(C)C#N)c2)nc1-c1nnc(-c2ccc(C3CNCCN3)cc2)o1.Cc1ncc(-c2ccnc(C(C)(C)C#N)c2)nc1-c1nnc(-c2ccc(CNCC3(C)COC3)cc2)o1.[HH].[HH]. The molecule has 8 heterocycles. The van der Waals surface area contributed by atoms with Gasteiger partial charge in [0.15, 0.2) is 0 Å². The summed E-state index contributed by atoms with van der Waals surface area (Å²) in [5.74, 6) is 1.45. The number of rotatable bonds is 13. The third-order valence-corrected chi connectivity index (χ3v) is 12.7. The first-order valence-electron chi connectivity index (χ1n) is 23.7. The molecule has 2 aromatic carbocycles. The van der Waals surface area contributed by atoms with E-state index >= 15 is 0 Å². The molecule has 1 unspecified atom stereocenters. The molecule has 18 heteroatoms. The molecule has 368 valence electrons. The van der Waals surface area contributed by atoms with E-state index in [9.17, 15) is 10.5 Å². The Kier molecular flexibility index (Phi) is 14.1. The van der Waals surface area contributed by atoms with Gasteiger partial charge in [0.1, 0.15) is 11.4 Å². The standard InChI is InChI=1S/C28H29N7O2.C26H26N8O.2H2/c1-18-24(33-22(13-32-18)21-9-10-31-23(11-21)27(2,3)14-29)26-35-34-25(37-26)20-7-5-19(6-8-20)12-30-15-28(4)16-36-17-28;1-16-23(32-21(14-31-16)19-8-9-30-22(12-19)26(2,3)15-27)25-34-33-24(35-25)18-6-4-17(5-7-18)20-13-28-10-11-29-20;;/h5-11,13,30H,12,15-17H2,1-4H3;4-9,12,14,20,28-29H,10-11,13H2,1-3H3;2*1H. The van der Waals surface area contributed by atoms with Gasteiger partial charge in [0.2, 0.25) is 11.8 Å². The molecule has 0 bridgehead atoms. The van der Waals surface area contributed by atoms with Crippen LogP contribution in [0.2, 0.25) is 0 Å². The van der Waals surface area contributed by atoms with E-state index in [4.69, 9.17) is 23.5 Å². The lowest BCUT2D eigenvalue weighted by molar-refractivity contribution is -0.0991. The molecule has 18 nitrogen and oxygen atoms in total. The minimum Gasteiger partial charge on any atom is -0.415 e. The van der Waals surface area contributed by atoms with Crippen LogP contribution in [-0.2, 0) is 22.1 Å². The quantitative estimate of drug-likeness (QED) is 0.0978. The molecule has 0 aliphatic carbocycles. The first-order valence-corrected chi connectivity index (χ1v) is 23.7. The van der Waals surface area contributed by atoms with Crippen LogP contribution in [-0.4, -0.2) is 89.7 Å². The lowest BCUT2D eigenvalue weighted by atomic mass is 9.89. The molecule has 10 rings (SSSR count). The van der Waals surface area contributed by atoms with Crippen molar-refractivity contribution in [2.75, 3.05) is 39.4 Å². The number of nitrogens with zero attached hydrogens (tertiary/aromatic N) is 12. The number of nitrogens with one attached hydrogen (secondary N) is 3. The molecule has 2 saturated heterocycles. The molecule has 0 saturated carbocycles. The minimum atomic E-state index is -0.715. The van der Waals surface area contributed by atoms with Crippen LogP contribution in [0.4, 0.5) is 0 Å². The fraction of sp³-hybridized carbons (Fsp3) is 0.333. The van der Waals surface area contributed by atoms with Gasteiger partial charge in [0.25, 0.3) is 11.8 Å². The van der Waals surface area contributed by atoms with Crippen molar-refractivity contribution in [3.63, 3.8) is 0 Å². The van der Waals surface area contributed by atoms with Crippen LogP contribution in [0.25, 0.3) is 68.6 Å². The molecule has 3 N–H and O–H groups in total. The number of aryl methyl sites for hydroxylation is 2. The van der Waals surface area contributed by atoms with Crippen LogP contribution in [0.3, 0.4) is 0 Å². The fourth-order valence-electron chi connectivity index (χ4n) is 8.00. The second-order valence-electron chi connectivity index (χ2n) is 19.5. The summed E-state index contributed by atoms with van der Waals surface area (Å²) in [5, 5.41) is 46.3. The molecule has 2 aliphatic heterocycles. The topological polar surface area (TPSA) is 248 Å². The average molecular weight is 966 g/mol. The van der Waals surface area contributed by atoms with E-state index in [2.05, 4.69) is 99.6 Å². The number of aromatic nitrogens is 10. The Hall–Kier alpha value is -8.00.